The van der Waals surface area contributed by atoms with Crippen molar-refractivity contribution in [1.29, 1.82) is 0 Å². The predicted molar refractivity (Wildman–Crippen MR) is 66.7 cm³/mol. The summed E-state index contributed by atoms with van der Waals surface area (Å²) in [4.78, 5) is 0. The van der Waals surface area contributed by atoms with E-state index in [1.807, 2.05) is 13.1 Å². The summed E-state index contributed by atoms with van der Waals surface area (Å²) in [5.74, 6) is 0. The molecule has 0 bridgehead atoms. The minimum Gasteiger partial charge on any atom is -0.394 e. The minimum atomic E-state index is 0.114. The zero-order chi connectivity index (χ0) is 12.5. The second kappa shape index (κ2) is 8.00. The Morgan fingerprint density at radius 2 is 2.47 bits per heavy atom. The summed E-state index contributed by atoms with van der Waals surface area (Å²) in [5, 5.41) is 16.1. The van der Waals surface area contributed by atoms with Gasteiger partial charge in [-0.3, -0.25) is 4.68 Å². The molecule has 0 aliphatic rings. The van der Waals surface area contributed by atoms with Gasteiger partial charge in [0, 0.05) is 24.8 Å². The fraction of sp³-hybridized carbons (Fsp3) is 0.583. The third-order valence-corrected chi connectivity index (χ3v) is 2.12. The van der Waals surface area contributed by atoms with Gasteiger partial charge in [-0.15, -0.1) is 0 Å². The zero-order valence-corrected chi connectivity index (χ0v) is 10.4. The molecule has 5 nitrogen and oxygen atoms in total. The number of hydrogen-bond donors (Lipinski definition) is 2. The summed E-state index contributed by atoms with van der Waals surface area (Å²) in [7, 11) is 0. The second-order valence-electron chi connectivity index (χ2n) is 4.02. The van der Waals surface area contributed by atoms with Crippen LogP contribution in [0.15, 0.2) is 24.5 Å². The van der Waals surface area contributed by atoms with Crippen molar-refractivity contribution in [3.8, 4) is 0 Å². The van der Waals surface area contributed by atoms with Crippen LogP contribution in [0, 0.1) is 0 Å². The molecule has 2 N–H and O–H groups in total. The Bertz CT molecular complexity index is 336. The highest BCUT2D eigenvalue weighted by Gasteiger charge is 1.97. The maximum absolute atomic E-state index is 8.75. The first-order chi connectivity index (χ1) is 8.22. The van der Waals surface area contributed by atoms with Crippen LogP contribution in [0.5, 0.6) is 0 Å². The van der Waals surface area contributed by atoms with E-state index in [9.17, 15) is 0 Å². The van der Waals surface area contributed by atoms with Crippen molar-refractivity contribution in [1.82, 2.24) is 15.1 Å². The number of nitrogens with zero attached hydrogens (tertiary/aromatic N) is 2. The molecule has 0 unspecified atom stereocenters. The van der Waals surface area contributed by atoms with Crippen molar-refractivity contribution in [2.24, 2.45) is 0 Å². The van der Waals surface area contributed by atoms with Crippen LogP contribution in [-0.2, 0) is 17.8 Å². The average Bonchev–Trinajstić information content (AvgIpc) is 2.71. The molecule has 17 heavy (non-hydrogen) atoms. The highest BCUT2D eigenvalue weighted by molar-refractivity contribution is 5.03. The van der Waals surface area contributed by atoms with Crippen molar-refractivity contribution in [3.05, 3.63) is 30.1 Å². The first-order valence-corrected chi connectivity index (χ1v) is 5.77. The first-order valence-electron chi connectivity index (χ1n) is 5.77. The van der Waals surface area contributed by atoms with Gasteiger partial charge in [0.05, 0.1) is 32.6 Å². The van der Waals surface area contributed by atoms with E-state index in [1.165, 1.54) is 0 Å². The van der Waals surface area contributed by atoms with Gasteiger partial charge in [-0.1, -0.05) is 12.2 Å². The Morgan fingerprint density at radius 1 is 1.65 bits per heavy atom. The number of rotatable bonds is 9. The van der Waals surface area contributed by atoms with E-state index in [-0.39, 0.29) is 6.61 Å². The number of aromatic nitrogens is 2. The van der Waals surface area contributed by atoms with Crippen molar-refractivity contribution < 1.29 is 9.84 Å². The van der Waals surface area contributed by atoms with Crippen LogP contribution in [0.3, 0.4) is 0 Å². The molecule has 96 valence electrons. The third kappa shape index (κ3) is 6.21. The molecule has 0 aliphatic heterocycles. The Morgan fingerprint density at radius 3 is 3.18 bits per heavy atom. The topological polar surface area (TPSA) is 59.3 Å². The van der Waals surface area contributed by atoms with Crippen LogP contribution in [0.2, 0.25) is 0 Å². The van der Waals surface area contributed by atoms with Crippen LogP contribution < -0.4 is 5.32 Å². The van der Waals surface area contributed by atoms with Gasteiger partial charge in [-0.2, -0.15) is 5.10 Å². The smallest absolute Gasteiger partial charge is 0.0672 e. The van der Waals surface area contributed by atoms with Gasteiger partial charge >= 0.3 is 0 Å². The molecule has 0 saturated carbocycles. The molecule has 0 aromatic carbocycles. The fourth-order valence-corrected chi connectivity index (χ4v) is 1.35. The number of aliphatic hydroxyl groups excluding tert-OH is 1. The highest BCUT2D eigenvalue weighted by atomic mass is 16.5. The Balaban J connectivity index is 2.07. The third-order valence-electron chi connectivity index (χ3n) is 2.12. The van der Waals surface area contributed by atoms with Gasteiger partial charge in [-0.25, -0.2) is 0 Å². The maximum atomic E-state index is 8.75. The first kappa shape index (κ1) is 13.9. The summed E-state index contributed by atoms with van der Waals surface area (Å²) in [6, 6.07) is 0. The SMILES string of the molecule is C=C(C)COCCNCc1cnn(CCO)c1. The van der Waals surface area contributed by atoms with Crippen LogP contribution in [0.4, 0.5) is 0 Å². The van der Waals surface area contributed by atoms with E-state index < -0.39 is 0 Å². The number of hydrogen-bond acceptors (Lipinski definition) is 4. The van der Waals surface area contributed by atoms with E-state index >= 15 is 0 Å². The molecular formula is C12H21N3O2. The van der Waals surface area contributed by atoms with Gasteiger partial charge < -0.3 is 15.2 Å². The number of aliphatic hydroxyl groups is 1. The van der Waals surface area contributed by atoms with Gasteiger partial charge in [0.15, 0.2) is 0 Å². The average molecular weight is 239 g/mol. The molecule has 0 radical (unpaired) electrons. The highest BCUT2D eigenvalue weighted by Crippen LogP contribution is 1.96. The molecule has 1 heterocycles. The molecule has 0 fully saturated rings. The molecule has 0 amide bonds. The van der Waals surface area contributed by atoms with Crippen molar-refractivity contribution in [2.45, 2.75) is 20.0 Å². The summed E-state index contributed by atoms with van der Waals surface area (Å²) in [5.41, 5.74) is 2.15. The lowest BCUT2D eigenvalue weighted by molar-refractivity contribution is 0.158. The van der Waals surface area contributed by atoms with Gasteiger partial charge in [-0.05, 0) is 6.92 Å². The van der Waals surface area contributed by atoms with Crippen molar-refractivity contribution in [2.75, 3.05) is 26.4 Å². The quantitative estimate of drug-likeness (QED) is 0.488. The van der Waals surface area contributed by atoms with Crippen LogP contribution in [0.25, 0.3) is 0 Å². The Labute approximate surface area is 102 Å². The summed E-state index contributed by atoms with van der Waals surface area (Å²) < 4.78 is 7.09. The lowest BCUT2D eigenvalue weighted by Gasteiger charge is -2.04. The van der Waals surface area contributed by atoms with E-state index in [2.05, 4.69) is 17.0 Å². The Hall–Kier alpha value is -1.17. The van der Waals surface area contributed by atoms with E-state index in [4.69, 9.17) is 9.84 Å². The standard InChI is InChI=1S/C12H21N3O2/c1-11(2)10-17-6-3-13-7-12-8-14-15(9-12)4-5-16/h8-9,13,16H,1,3-7,10H2,2H3. The Kier molecular flexibility index (Phi) is 6.54. The molecule has 0 atom stereocenters. The lowest BCUT2D eigenvalue weighted by Crippen LogP contribution is -2.19. The number of nitrogens with one attached hydrogen (secondary N) is 1. The van der Waals surface area contributed by atoms with E-state index in [0.717, 1.165) is 24.2 Å². The largest absolute Gasteiger partial charge is 0.394 e. The molecule has 0 aliphatic carbocycles. The molecule has 5 heteroatoms. The lowest BCUT2D eigenvalue weighted by atomic mass is 10.3. The van der Waals surface area contributed by atoms with E-state index in [1.54, 1.807) is 10.9 Å². The number of ether oxygens (including phenoxy) is 1. The minimum absolute atomic E-state index is 0.114. The van der Waals surface area contributed by atoms with Crippen LogP contribution >= 0.6 is 0 Å². The second-order valence-corrected chi connectivity index (χ2v) is 4.02. The van der Waals surface area contributed by atoms with Gasteiger partial charge in [0.1, 0.15) is 0 Å². The molecule has 1 aromatic heterocycles. The summed E-state index contributed by atoms with van der Waals surface area (Å²) >= 11 is 0. The molecule has 1 aromatic rings. The predicted octanol–water partition coefficient (Wildman–Crippen LogP) is 0.558. The maximum Gasteiger partial charge on any atom is 0.0672 e. The van der Waals surface area contributed by atoms with Gasteiger partial charge in [0.25, 0.3) is 0 Å². The fourth-order valence-electron chi connectivity index (χ4n) is 1.35. The molecule has 0 saturated heterocycles. The van der Waals surface area contributed by atoms with Gasteiger partial charge in [0.2, 0.25) is 0 Å². The summed E-state index contributed by atoms with van der Waals surface area (Å²) in [6.07, 6.45) is 3.73. The van der Waals surface area contributed by atoms with E-state index in [0.29, 0.717) is 19.8 Å². The van der Waals surface area contributed by atoms with Crippen LogP contribution in [-0.4, -0.2) is 41.3 Å². The normalized spacial score (nSPS) is 10.7. The van der Waals surface area contributed by atoms with Crippen LogP contribution in [0.1, 0.15) is 12.5 Å². The zero-order valence-electron chi connectivity index (χ0n) is 10.4. The van der Waals surface area contributed by atoms with Crippen molar-refractivity contribution >= 4 is 0 Å². The molecular weight excluding hydrogens is 218 g/mol. The summed E-state index contributed by atoms with van der Waals surface area (Å²) in [6.45, 7) is 9.24. The monoisotopic (exact) mass is 239 g/mol. The molecule has 1 rings (SSSR count). The van der Waals surface area contributed by atoms with Crippen molar-refractivity contribution in [3.63, 3.8) is 0 Å². The molecule has 0 spiro atoms.